The van der Waals surface area contributed by atoms with Crippen molar-refractivity contribution in [3.63, 3.8) is 0 Å². The van der Waals surface area contributed by atoms with Crippen molar-refractivity contribution in [3.05, 3.63) is 0 Å². The van der Waals surface area contributed by atoms with E-state index in [1.165, 1.54) is 0 Å². The predicted octanol–water partition coefficient (Wildman–Crippen LogP) is -0.0770. The van der Waals surface area contributed by atoms with E-state index in [1.54, 1.807) is 20.9 Å². The van der Waals surface area contributed by atoms with Gasteiger partial charge < -0.3 is 15.7 Å². The Kier molecular flexibility index (Phi) is 7.13. The number of hydrogen-bond acceptors (Lipinski definition) is 4. The van der Waals surface area contributed by atoms with Crippen molar-refractivity contribution in [1.29, 1.82) is 0 Å². The van der Waals surface area contributed by atoms with Crippen LogP contribution in [0.3, 0.4) is 0 Å². The van der Waals surface area contributed by atoms with Gasteiger partial charge in [0.1, 0.15) is 0 Å². The average molecular weight is 244 g/mol. The van der Waals surface area contributed by atoms with Crippen molar-refractivity contribution in [3.8, 4) is 0 Å². The Morgan fingerprint density at radius 3 is 2.29 bits per heavy atom. The second-order valence-electron chi connectivity index (χ2n) is 3.82. The quantitative estimate of drug-likeness (QED) is 0.555. The number of amides is 1. The fourth-order valence-electron chi connectivity index (χ4n) is 1.37. The number of likely N-dealkylation sites (N-methyl/N-ethyl adjacent to an activating group) is 1. The first kappa shape index (κ1) is 15.6. The summed E-state index contributed by atoms with van der Waals surface area (Å²) in [6.07, 6.45) is 0.473. The van der Waals surface area contributed by atoms with Crippen molar-refractivity contribution < 1.29 is 19.5 Å². The minimum Gasteiger partial charge on any atom is -0.481 e. The molecule has 0 aliphatic heterocycles. The molecule has 98 valence electrons. The van der Waals surface area contributed by atoms with E-state index in [4.69, 9.17) is 5.11 Å². The molecule has 0 bridgehead atoms. The Bertz CT molecular complexity index is 291. The van der Waals surface area contributed by atoms with E-state index in [1.807, 2.05) is 0 Å². The van der Waals surface area contributed by atoms with Crippen LogP contribution >= 0.6 is 0 Å². The van der Waals surface area contributed by atoms with Gasteiger partial charge in [-0.3, -0.25) is 14.4 Å². The third-order valence-electron chi connectivity index (χ3n) is 2.50. The van der Waals surface area contributed by atoms with Gasteiger partial charge in [-0.2, -0.15) is 0 Å². The topological polar surface area (TPSA) is 95.5 Å². The molecule has 3 N–H and O–H groups in total. The standard InChI is InChI=1S/C11H20N2O4/c1-4-9(14)7(2)13-11(17)8(12-3)5-6-10(15)16/h7-8,12H,4-6H2,1-3H3,(H,13,17)(H,15,16)/t7-,8+/m0/s1. The molecule has 0 aromatic heterocycles. The maximum absolute atomic E-state index is 11.7. The number of carboxylic acid groups (broad SMARTS) is 1. The van der Waals surface area contributed by atoms with Crippen LogP contribution in [0.2, 0.25) is 0 Å². The van der Waals surface area contributed by atoms with Crippen molar-refractivity contribution in [2.75, 3.05) is 7.05 Å². The number of hydrogen-bond donors (Lipinski definition) is 3. The number of Topliss-reactive ketones (excluding diaryl/α,β-unsaturated/α-hetero) is 1. The minimum atomic E-state index is -0.948. The summed E-state index contributed by atoms with van der Waals surface area (Å²) in [5.41, 5.74) is 0. The number of aliphatic carboxylic acids is 1. The van der Waals surface area contributed by atoms with E-state index in [0.29, 0.717) is 6.42 Å². The molecular formula is C11H20N2O4. The lowest BCUT2D eigenvalue weighted by atomic mass is 10.1. The van der Waals surface area contributed by atoms with E-state index >= 15 is 0 Å². The Balaban J connectivity index is 4.25. The van der Waals surface area contributed by atoms with Gasteiger partial charge in [0.15, 0.2) is 5.78 Å². The second-order valence-corrected chi connectivity index (χ2v) is 3.82. The molecule has 6 heteroatoms. The van der Waals surface area contributed by atoms with Crippen molar-refractivity contribution in [2.45, 2.75) is 45.2 Å². The summed E-state index contributed by atoms with van der Waals surface area (Å²) in [6, 6.07) is -1.12. The largest absolute Gasteiger partial charge is 0.481 e. The summed E-state index contributed by atoms with van der Waals surface area (Å²) in [4.78, 5) is 33.4. The normalized spacial score (nSPS) is 13.8. The summed E-state index contributed by atoms with van der Waals surface area (Å²) >= 11 is 0. The number of carbonyl (C=O) groups is 3. The lowest BCUT2D eigenvalue weighted by molar-refractivity contribution is -0.137. The van der Waals surface area contributed by atoms with E-state index < -0.39 is 18.1 Å². The van der Waals surface area contributed by atoms with E-state index in [2.05, 4.69) is 10.6 Å². The maximum atomic E-state index is 11.7. The molecule has 1 amide bonds. The van der Waals surface area contributed by atoms with Gasteiger partial charge in [-0.15, -0.1) is 0 Å². The lowest BCUT2D eigenvalue weighted by Crippen LogP contribution is -2.48. The predicted molar refractivity (Wildman–Crippen MR) is 62.6 cm³/mol. The molecule has 0 radical (unpaired) electrons. The highest BCUT2D eigenvalue weighted by Crippen LogP contribution is 1.99. The Morgan fingerprint density at radius 2 is 1.88 bits per heavy atom. The van der Waals surface area contributed by atoms with Gasteiger partial charge >= 0.3 is 5.97 Å². The van der Waals surface area contributed by atoms with Crippen LogP contribution in [0.15, 0.2) is 0 Å². The zero-order valence-corrected chi connectivity index (χ0v) is 10.4. The van der Waals surface area contributed by atoms with Gasteiger partial charge in [0.05, 0.1) is 12.1 Å². The van der Waals surface area contributed by atoms with Crippen LogP contribution in [0.25, 0.3) is 0 Å². The molecule has 2 atom stereocenters. The zero-order valence-electron chi connectivity index (χ0n) is 10.4. The number of nitrogens with one attached hydrogen (secondary N) is 2. The number of carbonyl (C=O) groups excluding carboxylic acids is 2. The number of rotatable bonds is 8. The third kappa shape index (κ3) is 6.01. The second kappa shape index (κ2) is 7.78. The van der Waals surface area contributed by atoms with Crippen LogP contribution in [0, 0.1) is 0 Å². The molecule has 0 rings (SSSR count). The molecular weight excluding hydrogens is 224 g/mol. The summed E-state index contributed by atoms with van der Waals surface area (Å²) < 4.78 is 0. The van der Waals surface area contributed by atoms with Crippen LogP contribution in [-0.4, -0.2) is 41.9 Å². The van der Waals surface area contributed by atoms with Gasteiger partial charge in [-0.05, 0) is 20.4 Å². The van der Waals surface area contributed by atoms with Crippen molar-refractivity contribution >= 4 is 17.7 Å². The summed E-state index contributed by atoms with van der Waals surface area (Å²) in [6.45, 7) is 3.35. The van der Waals surface area contributed by atoms with E-state index in [-0.39, 0.29) is 24.5 Å². The fraction of sp³-hybridized carbons (Fsp3) is 0.727. The average Bonchev–Trinajstić information content (AvgIpc) is 2.28. The van der Waals surface area contributed by atoms with Crippen LogP contribution in [0.1, 0.15) is 33.1 Å². The molecule has 0 aromatic carbocycles. The molecule has 0 spiro atoms. The molecule has 6 nitrogen and oxygen atoms in total. The van der Waals surface area contributed by atoms with Gasteiger partial charge in [-0.1, -0.05) is 6.92 Å². The molecule has 17 heavy (non-hydrogen) atoms. The number of ketones is 1. The summed E-state index contributed by atoms with van der Waals surface area (Å²) in [7, 11) is 1.58. The first-order chi connectivity index (χ1) is 7.92. The summed E-state index contributed by atoms with van der Waals surface area (Å²) in [5.74, 6) is -1.34. The van der Waals surface area contributed by atoms with Crippen LogP contribution < -0.4 is 10.6 Å². The maximum Gasteiger partial charge on any atom is 0.303 e. The monoisotopic (exact) mass is 244 g/mol. The van der Waals surface area contributed by atoms with Crippen molar-refractivity contribution in [2.24, 2.45) is 0 Å². The third-order valence-corrected chi connectivity index (χ3v) is 2.50. The zero-order chi connectivity index (χ0) is 13.4. The molecule has 0 fully saturated rings. The van der Waals surface area contributed by atoms with Crippen LogP contribution in [0.4, 0.5) is 0 Å². The Hall–Kier alpha value is -1.43. The van der Waals surface area contributed by atoms with Gasteiger partial charge in [0.2, 0.25) is 5.91 Å². The summed E-state index contributed by atoms with van der Waals surface area (Å²) in [5, 5.41) is 13.8. The smallest absolute Gasteiger partial charge is 0.303 e. The molecule has 0 aromatic rings. The molecule has 0 unspecified atom stereocenters. The van der Waals surface area contributed by atoms with Gasteiger partial charge in [0.25, 0.3) is 0 Å². The van der Waals surface area contributed by atoms with Crippen LogP contribution in [-0.2, 0) is 14.4 Å². The molecule has 0 heterocycles. The molecule has 0 saturated carbocycles. The highest BCUT2D eigenvalue weighted by molar-refractivity contribution is 5.90. The lowest BCUT2D eigenvalue weighted by Gasteiger charge is -2.18. The SMILES string of the molecule is CCC(=O)[C@H](C)NC(=O)[C@@H](CCC(=O)O)NC. The minimum absolute atomic E-state index is 0.0496. The number of carboxylic acids is 1. The van der Waals surface area contributed by atoms with Gasteiger partial charge in [0, 0.05) is 12.8 Å². The highest BCUT2D eigenvalue weighted by atomic mass is 16.4. The first-order valence-corrected chi connectivity index (χ1v) is 5.64. The van der Waals surface area contributed by atoms with E-state index in [0.717, 1.165) is 0 Å². The van der Waals surface area contributed by atoms with Crippen LogP contribution in [0.5, 0.6) is 0 Å². The van der Waals surface area contributed by atoms with E-state index in [9.17, 15) is 14.4 Å². The fourth-order valence-corrected chi connectivity index (χ4v) is 1.37. The Morgan fingerprint density at radius 1 is 1.29 bits per heavy atom. The molecule has 0 aliphatic carbocycles. The molecule has 0 aliphatic rings. The Labute approximate surface area is 101 Å². The molecule has 0 saturated heterocycles. The van der Waals surface area contributed by atoms with Gasteiger partial charge in [-0.25, -0.2) is 0 Å². The van der Waals surface area contributed by atoms with Crippen molar-refractivity contribution in [1.82, 2.24) is 10.6 Å². The first-order valence-electron chi connectivity index (χ1n) is 5.64. The highest BCUT2D eigenvalue weighted by Gasteiger charge is 2.21.